The molecule has 5 heteroatoms. The van der Waals surface area contributed by atoms with Crippen LogP contribution in [0, 0.1) is 38.5 Å². The molecule has 0 radical (unpaired) electrons. The maximum Gasteiger partial charge on any atom is 0.251 e. The molecule has 0 saturated heterocycles. The summed E-state index contributed by atoms with van der Waals surface area (Å²) < 4.78 is 5.46. The molecule has 0 atom stereocenters. The van der Waals surface area contributed by atoms with Crippen molar-refractivity contribution in [3.63, 3.8) is 0 Å². The Morgan fingerprint density at radius 3 is 2.53 bits per heavy atom. The van der Waals surface area contributed by atoms with Gasteiger partial charge in [-0.1, -0.05) is 59.1 Å². The number of hydrogen-bond donors (Lipinski definition) is 1. The lowest BCUT2D eigenvalue weighted by molar-refractivity contribution is 0.0947. The first kappa shape index (κ1) is 22.2. The van der Waals surface area contributed by atoms with Gasteiger partial charge in [-0.25, -0.2) is 0 Å². The van der Waals surface area contributed by atoms with E-state index in [1.807, 2.05) is 12.1 Å². The molecule has 1 aromatic heterocycles. The van der Waals surface area contributed by atoms with E-state index in [9.17, 15) is 4.79 Å². The van der Waals surface area contributed by atoms with Crippen molar-refractivity contribution in [1.82, 2.24) is 10.5 Å². The summed E-state index contributed by atoms with van der Waals surface area (Å²) >= 11 is 6.38. The van der Waals surface area contributed by atoms with Gasteiger partial charge in [0.25, 0.3) is 5.91 Å². The van der Waals surface area contributed by atoms with Crippen molar-refractivity contribution >= 4 is 17.5 Å². The quantitative estimate of drug-likeness (QED) is 0.472. The number of amides is 1. The zero-order valence-electron chi connectivity index (χ0n) is 18.7. The molecule has 164 valence electrons. The molecule has 1 N–H and O–H groups in total. The van der Waals surface area contributed by atoms with Crippen LogP contribution in [0.3, 0.4) is 0 Å². The van der Waals surface area contributed by atoms with Crippen molar-refractivity contribution < 1.29 is 9.32 Å². The van der Waals surface area contributed by atoms with Crippen LogP contribution in [0.4, 0.5) is 0 Å². The van der Waals surface area contributed by atoms with E-state index in [2.05, 4.69) is 55.2 Å². The van der Waals surface area contributed by atoms with Crippen LogP contribution in [-0.2, 0) is 6.54 Å². The minimum absolute atomic E-state index is 0.220. The van der Waals surface area contributed by atoms with Gasteiger partial charge in [-0.3, -0.25) is 4.79 Å². The van der Waals surface area contributed by atoms with Crippen molar-refractivity contribution in [2.45, 2.75) is 53.0 Å². The standard InChI is InChI=1S/C27H27ClN2O2/c1-17-12-18(2)26(19(3)13-17)25-15-23(32-30-25)16-29-27(31)22-11-10-21(24(28)14-22)9-8-20-6-4-5-7-20/h10-15,20H,4-7,16H2,1-3H3,(H,29,31). The molecule has 0 aliphatic heterocycles. The Balaban J connectivity index is 1.41. The lowest BCUT2D eigenvalue weighted by Crippen LogP contribution is -2.22. The number of carbonyl (C=O) groups excluding carboxylic acids is 1. The molecule has 1 heterocycles. The summed E-state index contributed by atoms with van der Waals surface area (Å²) in [5.41, 5.74) is 6.61. The van der Waals surface area contributed by atoms with Gasteiger partial charge >= 0.3 is 0 Å². The molecule has 4 rings (SSSR count). The summed E-state index contributed by atoms with van der Waals surface area (Å²) in [6.45, 7) is 6.46. The fourth-order valence-electron chi connectivity index (χ4n) is 4.38. The summed E-state index contributed by atoms with van der Waals surface area (Å²) in [4.78, 5) is 12.6. The average molecular weight is 447 g/mol. The van der Waals surface area contributed by atoms with Crippen LogP contribution in [0.15, 0.2) is 40.9 Å². The third-order valence-corrected chi connectivity index (χ3v) is 6.23. The number of aryl methyl sites for hydroxylation is 3. The van der Waals surface area contributed by atoms with Crippen LogP contribution in [0.2, 0.25) is 5.02 Å². The maximum atomic E-state index is 12.6. The van der Waals surface area contributed by atoms with E-state index in [4.69, 9.17) is 16.1 Å². The monoisotopic (exact) mass is 446 g/mol. The molecule has 1 fully saturated rings. The number of nitrogens with one attached hydrogen (secondary N) is 1. The predicted molar refractivity (Wildman–Crippen MR) is 128 cm³/mol. The molecule has 1 aliphatic rings. The van der Waals surface area contributed by atoms with Gasteiger partial charge in [-0.05, 0) is 62.9 Å². The maximum absolute atomic E-state index is 12.6. The SMILES string of the molecule is Cc1cc(C)c(-c2cc(CNC(=O)c3ccc(C#CC4CCCC4)c(Cl)c3)on2)c(C)c1. The van der Waals surface area contributed by atoms with Crippen LogP contribution < -0.4 is 5.32 Å². The molecular weight excluding hydrogens is 420 g/mol. The van der Waals surface area contributed by atoms with E-state index in [0.717, 1.165) is 40.8 Å². The predicted octanol–water partition coefficient (Wildman–Crippen LogP) is 6.39. The summed E-state index contributed by atoms with van der Waals surface area (Å²) in [5, 5.41) is 7.57. The summed E-state index contributed by atoms with van der Waals surface area (Å²) in [6, 6.07) is 11.4. The van der Waals surface area contributed by atoms with Crippen molar-refractivity contribution in [2.75, 3.05) is 0 Å². The molecule has 1 amide bonds. The van der Waals surface area contributed by atoms with Crippen molar-refractivity contribution in [3.05, 3.63) is 75.0 Å². The number of carbonyl (C=O) groups is 1. The van der Waals surface area contributed by atoms with Crippen molar-refractivity contribution in [3.8, 4) is 23.1 Å². The topological polar surface area (TPSA) is 55.1 Å². The Hall–Kier alpha value is -3.03. The highest BCUT2D eigenvalue weighted by molar-refractivity contribution is 6.32. The normalized spacial score (nSPS) is 13.6. The summed E-state index contributed by atoms with van der Waals surface area (Å²) in [7, 11) is 0. The molecule has 0 spiro atoms. The van der Waals surface area contributed by atoms with E-state index < -0.39 is 0 Å². The average Bonchev–Trinajstić information content (AvgIpc) is 3.42. The van der Waals surface area contributed by atoms with Crippen molar-refractivity contribution in [2.24, 2.45) is 5.92 Å². The Morgan fingerprint density at radius 1 is 1.12 bits per heavy atom. The largest absolute Gasteiger partial charge is 0.359 e. The number of rotatable bonds is 4. The third-order valence-electron chi connectivity index (χ3n) is 5.91. The van der Waals surface area contributed by atoms with Crippen molar-refractivity contribution in [1.29, 1.82) is 0 Å². The second kappa shape index (κ2) is 9.63. The zero-order chi connectivity index (χ0) is 22.7. The minimum atomic E-state index is -0.220. The third kappa shape index (κ3) is 5.06. The number of nitrogens with zero attached hydrogens (tertiary/aromatic N) is 1. The number of hydrogen-bond acceptors (Lipinski definition) is 3. The molecule has 2 aromatic carbocycles. The molecule has 0 bridgehead atoms. The van der Waals surface area contributed by atoms with E-state index >= 15 is 0 Å². The van der Waals surface area contributed by atoms with E-state index in [0.29, 0.717) is 22.3 Å². The van der Waals surface area contributed by atoms with Crippen LogP contribution in [0.1, 0.15) is 64.1 Å². The van der Waals surface area contributed by atoms with Gasteiger partial charge in [0.05, 0.1) is 11.6 Å². The molecule has 1 aliphatic carbocycles. The van der Waals surface area contributed by atoms with Gasteiger partial charge in [0, 0.05) is 28.7 Å². The van der Waals surface area contributed by atoms with Crippen LogP contribution in [0.5, 0.6) is 0 Å². The fourth-order valence-corrected chi connectivity index (χ4v) is 4.60. The molecular formula is C27H27ClN2O2. The Labute approximate surface area is 194 Å². The number of halogens is 1. The fraction of sp³-hybridized carbons (Fsp3) is 0.333. The van der Waals surface area contributed by atoms with Crippen LogP contribution >= 0.6 is 11.6 Å². The van der Waals surface area contributed by atoms with E-state index in [-0.39, 0.29) is 12.5 Å². The Morgan fingerprint density at radius 2 is 1.84 bits per heavy atom. The number of aromatic nitrogens is 1. The van der Waals surface area contributed by atoms with E-state index in [1.165, 1.54) is 18.4 Å². The minimum Gasteiger partial charge on any atom is -0.359 e. The molecule has 0 unspecified atom stereocenters. The van der Waals surface area contributed by atoms with Gasteiger partial charge in [0.15, 0.2) is 5.76 Å². The molecule has 1 saturated carbocycles. The second-order valence-electron chi connectivity index (χ2n) is 8.58. The summed E-state index contributed by atoms with van der Waals surface area (Å²) in [5.74, 6) is 7.32. The highest BCUT2D eigenvalue weighted by Crippen LogP contribution is 2.28. The van der Waals surface area contributed by atoms with Gasteiger partial charge in [-0.15, -0.1) is 0 Å². The van der Waals surface area contributed by atoms with Gasteiger partial charge in [0.1, 0.15) is 5.69 Å². The molecule has 32 heavy (non-hydrogen) atoms. The lowest BCUT2D eigenvalue weighted by atomic mass is 9.97. The highest BCUT2D eigenvalue weighted by Gasteiger charge is 2.15. The van der Waals surface area contributed by atoms with Gasteiger partial charge < -0.3 is 9.84 Å². The summed E-state index contributed by atoms with van der Waals surface area (Å²) in [6.07, 6.45) is 4.83. The molecule has 3 aromatic rings. The Kier molecular flexibility index (Phi) is 6.67. The van der Waals surface area contributed by atoms with E-state index in [1.54, 1.807) is 12.1 Å². The van der Waals surface area contributed by atoms with Crippen LogP contribution in [-0.4, -0.2) is 11.1 Å². The number of benzene rings is 2. The first-order valence-corrected chi connectivity index (χ1v) is 11.4. The smallest absolute Gasteiger partial charge is 0.251 e. The first-order chi connectivity index (χ1) is 15.4. The second-order valence-corrected chi connectivity index (χ2v) is 8.99. The van der Waals surface area contributed by atoms with Crippen LogP contribution in [0.25, 0.3) is 11.3 Å². The first-order valence-electron chi connectivity index (χ1n) is 11.0. The zero-order valence-corrected chi connectivity index (χ0v) is 19.5. The van der Waals surface area contributed by atoms with Gasteiger partial charge in [0.2, 0.25) is 0 Å². The van der Waals surface area contributed by atoms with Gasteiger partial charge in [-0.2, -0.15) is 0 Å². The highest BCUT2D eigenvalue weighted by atomic mass is 35.5. The Bertz CT molecular complexity index is 1190. The lowest BCUT2D eigenvalue weighted by Gasteiger charge is -2.07. The molecule has 4 nitrogen and oxygen atoms in total.